The Hall–Kier alpha value is -4.49. The Balaban J connectivity index is 1.21. The molecule has 14 nitrogen and oxygen atoms in total. The quantitative estimate of drug-likeness (QED) is 0.364. The molecule has 2 saturated heterocycles. The number of nitrogens with one attached hydrogen (secondary N) is 3. The number of H-pyrrole nitrogens is 1. The van der Waals surface area contributed by atoms with Crippen molar-refractivity contribution in [3.63, 3.8) is 0 Å². The van der Waals surface area contributed by atoms with Gasteiger partial charge in [0.1, 0.15) is 35.1 Å². The van der Waals surface area contributed by atoms with E-state index < -0.39 is 59.3 Å². The Morgan fingerprint density at radius 3 is 2.52 bits per heavy atom. The first-order chi connectivity index (χ1) is 23.8. The minimum atomic E-state index is -1.38. The first-order valence-corrected chi connectivity index (χ1v) is 17.8. The molecular weight excluding hydrogens is 646 g/mol. The number of ether oxygens (including phenoxy) is 3. The molecule has 3 aliphatic heterocycles. The van der Waals surface area contributed by atoms with E-state index in [2.05, 4.69) is 15.6 Å². The van der Waals surface area contributed by atoms with E-state index in [1.165, 1.54) is 4.90 Å². The maximum absolute atomic E-state index is 14.2. The number of carboxylic acid groups (broad SMARTS) is 1. The lowest BCUT2D eigenvalue weighted by molar-refractivity contribution is -0.146. The Kier molecular flexibility index (Phi) is 9.91. The average molecular weight is 696 g/mol. The number of aromatic amines is 1. The third-order valence-electron chi connectivity index (χ3n) is 10.4. The zero-order valence-electron chi connectivity index (χ0n) is 29.3. The molecule has 272 valence electrons. The Morgan fingerprint density at radius 1 is 1.06 bits per heavy atom. The summed E-state index contributed by atoms with van der Waals surface area (Å²) in [5.41, 5.74) is 0.792. The summed E-state index contributed by atoms with van der Waals surface area (Å²) in [4.78, 5) is 73.3. The lowest BCUT2D eigenvalue weighted by Crippen LogP contribution is -2.56. The second-order valence-corrected chi connectivity index (χ2v) is 15.1. The highest BCUT2D eigenvalue weighted by Gasteiger charge is 2.62. The molecule has 0 spiro atoms. The van der Waals surface area contributed by atoms with Gasteiger partial charge in [-0.2, -0.15) is 0 Å². The molecule has 50 heavy (non-hydrogen) atoms. The molecular formula is C36H49N5O9. The lowest BCUT2D eigenvalue weighted by atomic mass is 10.0. The van der Waals surface area contributed by atoms with Crippen LogP contribution in [0.3, 0.4) is 0 Å². The highest BCUT2D eigenvalue weighted by atomic mass is 16.6. The van der Waals surface area contributed by atoms with E-state index in [9.17, 15) is 29.1 Å². The van der Waals surface area contributed by atoms with Gasteiger partial charge in [-0.1, -0.05) is 32.1 Å². The van der Waals surface area contributed by atoms with E-state index in [0.717, 1.165) is 53.6 Å². The van der Waals surface area contributed by atoms with E-state index in [1.807, 2.05) is 18.2 Å². The highest BCUT2D eigenvalue weighted by molar-refractivity contribution is 5.96. The predicted molar refractivity (Wildman–Crippen MR) is 181 cm³/mol. The van der Waals surface area contributed by atoms with Gasteiger partial charge in [0, 0.05) is 29.6 Å². The van der Waals surface area contributed by atoms with Crippen LogP contribution in [0.5, 0.6) is 5.75 Å². The number of alkyl carbamates (subject to hydrolysis) is 1. The Bertz CT molecular complexity index is 1650. The third-order valence-corrected chi connectivity index (χ3v) is 10.4. The summed E-state index contributed by atoms with van der Waals surface area (Å²) in [7, 11) is 1.62. The molecule has 1 aromatic heterocycles. The standard InChI is InChI=1S/C36H49N5O9/c1-35(2,3)50-33(46)38-27-11-9-7-5-6-8-10-21-18-36(21,32(44)45)39-30(42)29-17-23(19-41(29)31(27)43)49-34(47)40-15-14-24-25-16-22(48-4)12-13-26(25)37-28(24)20-40/h12-13,16,21,23,27,29,37H,5-11,14-15,17-20H2,1-4H3,(H,38,46)(H,39,42)(H,44,45)/t21-,23-,27+,29+,36-/m1/s1. The molecule has 2 aromatic rings. The molecule has 1 aromatic carbocycles. The molecule has 5 atom stereocenters. The number of aliphatic carboxylic acids is 1. The number of amides is 4. The zero-order valence-corrected chi connectivity index (χ0v) is 29.3. The van der Waals surface area contributed by atoms with Crippen LogP contribution in [-0.4, -0.2) is 99.4 Å². The summed E-state index contributed by atoms with van der Waals surface area (Å²) in [5.74, 6) is -1.65. The molecule has 4 N–H and O–H groups in total. The van der Waals surface area contributed by atoms with Crippen molar-refractivity contribution in [2.24, 2.45) is 5.92 Å². The number of carboxylic acids is 1. The maximum atomic E-state index is 14.2. The van der Waals surface area contributed by atoms with E-state index in [4.69, 9.17) is 14.2 Å². The molecule has 6 rings (SSSR count). The van der Waals surface area contributed by atoms with Crippen molar-refractivity contribution in [3.8, 4) is 5.75 Å². The molecule has 14 heteroatoms. The Labute approximate surface area is 291 Å². The van der Waals surface area contributed by atoms with Crippen LogP contribution in [-0.2, 0) is 36.8 Å². The van der Waals surface area contributed by atoms with Crippen molar-refractivity contribution >= 4 is 40.9 Å². The fraction of sp³-hybridized carbons (Fsp3) is 0.639. The number of rotatable bonds is 4. The van der Waals surface area contributed by atoms with Gasteiger partial charge < -0.3 is 44.7 Å². The number of hydrogen-bond acceptors (Lipinski definition) is 8. The molecule has 0 unspecified atom stereocenters. The second kappa shape index (κ2) is 14.0. The molecule has 3 fully saturated rings. The molecule has 4 heterocycles. The van der Waals surface area contributed by atoms with Crippen LogP contribution in [0, 0.1) is 5.92 Å². The van der Waals surface area contributed by atoms with Crippen molar-refractivity contribution in [1.29, 1.82) is 0 Å². The number of aromatic nitrogens is 1. The Morgan fingerprint density at radius 2 is 1.80 bits per heavy atom. The number of methoxy groups -OCH3 is 1. The number of carbonyl (C=O) groups is 5. The number of hydrogen-bond donors (Lipinski definition) is 4. The van der Waals surface area contributed by atoms with Gasteiger partial charge in [-0.05, 0) is 76.1 Å². The number of benzene rings is 1. The summed E-state index contributed by atoms with van der Waals surface area (Å²) < 4.78 is 16.8. The maximum Gasteiger partial charge on any atom is 0.410 e. The average Bonchev–Trinajstić information content (AvgIpc) is 3.40. The number of carbonyl (C=O) groups excluding carboxylic acids is 4. The monoisotopic (exact) mass is 695 g/mol. The topological polar surface area (TPSA) is 180 Å². The third kappa shape index (κ3) is 7.48. The molecule has 0 bridgehead atoms. The second-order valence-electron chi connectivity index (χ2n) is 15.1. The number of nitrogens with zero attached hydrogens (tertiary/aromatic N) is 2. The normalized spacial score (nSPS) is 27.5. The minimum Gasteiger partial charge on any atom is -0.497 e. The first kappa shape index (κ1) is 35.3. The van der Waals surface area contributed by atoms with Gasteiger partial charge in [0.2, 0.25) is 11.8 Å². The van der Waals surface area contributed by atoms with Crippen LogP contribution in [0.1, 0.15) is 89.8 Å². The van der Waals surface area contributed by atoms with Crippen molar-refractivity contribution in [3.05, 3.63) is 29.5 Å². The summed E-state index contributed by atoms with van der Waals surface area (Å²) >= 11 is 0. The van der Waals surface area contributed by atoms with Gasteiger partial charge in [0.15, 0.2) is 0 Å². The van der Waals surface area contributed by atoms with Gasteiger partial charge in [-0.3, -0.25) is 9.59 Å². The van der Waals surface area contributed by atoms with E-state index in [0.29, 0.717) is 45.2 Å². The van der Waals surface area contributed by atoms with Gasteiger partial charge in [0.05, 0.1) is 20.2 Å². The minimum absolute atomic E-state index is 0.00584. The largest absolute Gasteiger partial charge is 0.497 e. The summed E-state index contributed by atoms with van der Waals surface area (Å²) in [6.07, 6.45) is 3.95. The molecule has 1 saturated carbocycles. The molecule has 4 aliphatic rings. The van der Waals surface area contributed by atoms with Crippen LogP contribution in [0.25, 0.3) is 10.9 Å². The summed E-state index contributed by atoms with van der Waals surface area (Å²) in [6, 6.07) is 3.72. The van der Waals surface area contributed by atoms with Crippen LogP contribution < -0.4 is 15.4 Å². The van der Waals surface area contributed by atoms with Crippen molar-refractivity contribution in [2.45, 2.75) is 121 Å². The van der Waals surface area contributed by atoms with Gasteiger partial charge in [-0.25, -0.2) is 14.4 Å². The lowest BCUT2D eigenvalue weighted by Gasteiger charge is -2.30. The molecule has 4 amide bonds. The highest BCUT2D eigenvalue weighted by Crippen LogP contribution is 2.47. The predicted octanol–water partition coefficient (Wildman–Crippen LogP) is 4.24. The van der Waals surface area contributed by atoms with Gasteiger partial charge in [0.25, 0.3) is 0 Å². The molecule has 0 radical (unpaired) electrons. The zero-order chi connectivity index (χ0) is 35.8. The van der Waals surface area contributed by atoms with Gasteiger partial charge >= 0.3 is 18.2 Å². The summed E-state index contributed by atoms with van der Waals surface area (Å²) in [5, 5.41) is 16.7. The smallest absolute Gasteiger partial charge is 0.410 e. The SMILES string of the molecule is COc1ccc2[nH]c3c(c2c1)CCN(C(=O)O[C@@H]1C[C@H]2C(=O)N[C@]4(C(=O)O)C[C@H]4CCCCCCC[C@H](NC(=O)OC(C)(C)C)C(=O)N2C1)C3. The number of fused-ring (bicyclic) bond motifs is 5. The fourth-order valence-corrected chi connectivity index (χ4v) is 7.72. The van der Waals surface area contributed by atoms with Crippen LogP contribution in [0.15, 0.2) is 18.2 Å². The van der Waals surface area contributed by atoms with Crippen LogP contribution >= 0.6 is 0 Å². The molecule has 1 aliphatic carbocycles. The fourth-order valence-electron chi connectivity index (χ4n) is 7.72. The van der Waals surface area contributed by atoms with Crippen LogP contribution in [0.4, 0.5) is 9.59 Å². The van der Waals surface area contributed by atoms with Crippen molar-refractivity contribution in [1.82, 2.24) is 25.4 Å². The van der Waals surface area contributed by atoms with E-state index >= 15 is 0 Å². The van der Waals surface area contributed by atoms with E-state index in [1.54, 1.807) is 32.8 Å². The van der Waals surface area contributed by atoms with Crippen molar-refractivity contribution in [2.75, 3.05) is 20.2 Å². The van der Waals surface area contributed by atoms with Crippen molar-refractivity contribution < 1.29 is 43.3 Å². The first-order valence-electron chi connectivity index (χ1n) is 17.8. The van der Waals surface area contributed by atoms with E-state index in [-0.39, 0.29) is 18.9 Å². The summed E-state index contributed by atoms with van der Waals surface area (Å²) in [6.45, 7) is 5.82. The van der Waals surface area contributed by atoms with Gasteiger partial charge in [-0.15, -0.1) is 0 Å². The van der Waals surface area contributed by atoms with Crippen LogP contribution in [0.2, 0.25) is 0 Å².